The number of ether oxygens (including phenoxy) is 1. The van der Waals surface area contributed by atoms with Crippen LogP contribution in [0.3, 0.4) is 0 Å². The van der Waals surface area contributed by atoms with Crippen LogP contribution in [-0.2, 0) is 20.3 Å². The van der Waals surface area contributed by atoms with E-state index in [1.54, 1.807) is 6.07 Å². The number of aromatic nitrogens is 3. The SMILES string of the molecule is O=S(=O)(CCF)Cc1cc(N2CCOCC2)nc(-c2ccc3[nH]ccc3c2)n1. The van der Waals surface area contributed by atoms with E-state index in [1.165, 1.54) is 0 Å². The summed E-state index contributed by atoms with van der Waals surface area (Å²) < 4.78 is 42.3. The molecule has 0 bridgehead atoms. The number of sulfone groups is 1. The van der Waals surface area contributed by atoms with Crippen molar-refractivity contribution in [2.45, 2.75) is 5.75 Å². The summed E-state index contributed by atoms with van der Waals surface area (Å²) in [5.41, 5.74) is 2.17. The third kappa shape index (κ3) is 4.15. The number of aromatic amines is 1. The van der Waals surface area contributed by atoms with E-state index < -0.39 is 22.3 Å². The summed E-state index contributed by atoms with van der Waals surface area (Å²) in [5, 5.41) is 1.02. The third-order valence-electron chi connectivity index (χ3n) is 4.67. The maximum Gasteiger partial charge on any atom is 0.161 e. The van der Waals surface area contributed by atoms with Crippen LogP contribution in [0.25, 0.3) is 22.3 Å². The lowest BCUT2D eigenvalue weighted by Crippen LogP contribution is -2.37. The average molecular weight is 404 g/mol. The van der Waals surface area contributed by atoms with E-state index in [2.05, 4.69) is 19.9 Å². The number of nitrogens with one attached hydrogen (secondary N) is 1. The molecule has 1 aliphatic heterocycles. The van der Waals surface area contributed by atoms with Crippen molar-refractivity contribution < 1.29 is 17.5 Å². The molecule has 7 nitrogen and oxygen atoms in total. The molecule has 1 saturated heterocycles. The number of fused-ring (bicyclic) bond motifs is 1. The Bertz CT molecular complexity index is 1080. The smallest absolute Gasteiger partial charge is 0.161 e. The maximum absolute atomic E-state index is 12.6. The van der Waals surface area contributed by atoms with Gasteiger partial charge in [-0.25, -0.2) is 22.8 Å². The van der Waals surface area contributed by atoms with Gasteiger partial charge in [0.25, 0.3) is 0 Å². The first-order valence-electron chi connectivity index (χ1n) is 9.09. The number of benzene rings is 1. The molecule has 9 heteroatoms. The molecule has 3 aromatic rings. The van der Waals surface area contributed by atoms with Crippen LogP contribution in [-0.4, -0.2) is 62.1 Å². The number of hydrogen-bond acceptors (Lipinski definition) is 6. The lowest BCUT2D eigenvalue weighted by molar-refractivity contribution is 0.122. The van der Waals surface area contributed by atoms with Gasteiger partial charge >= 0.3 is 0 Å². The standard InChI is InChI=1S/C19H21FN4O3S/c20-4-10-28(25,26)13-16-12-18(24-6-8-27-9-7-24)23-19(22-16)15-1-2-17-14(11-15)3-5-21-17/h1-3,5,11-12,21H,4,6-10,13H2. The number of halogens is 1. The molecule has 1 aliphatic rings. The molecule has 0 amide bonds. The predicted molar refractivity (Wildman–Crippen MR) is 106 cm³/mol. The fourth-order valence-corrected chi connectivity index (χ4v) is 4.23. The van der Waals surface area contributed by atoms with Crippen molar-refractivity contribution in [1.82, 2.24) is 15.0 Å². The molecule has 1 aromatic carbocycles. The van der Waals surface area contributed by atoms with Gasteiger partial charge in [0.15, 0.2) is 15.7 Å². The summed E-state index contributed by atoms with van der Waals surface area (Å²) in [6.45, 7) is 1.61. The van der Waals surface area contributed by atoms with Crippen LogP contribution in [0, 0.1) is 0 Å². The number of hydrogen-bond donors (Lipinski definition) is 1. The van der Waals surface area contributed by atoms with E-state index in [0.29, 0.717) is 43.6 Å². The largest absolute Gasteiger partial charge is 0.378 e. The topological polar surface area (TPSA) is 88.2 Å². The van der Waals surface area contributed by atoms with Crippen LogP contribution in [0.1, 0.15) is 5.69 Å². The summed E-state index contributed by atoms with van der Waals surface area (Å²) in [7, 11) is -3.57. The first kappa shape index (κ1) is 18.8. The Labute approximate surface area is 162 Å². The van der Waals surface area contributed by atoms with Crippen LogP contribution < -0.4 is 4.90 Å². The zero-order valence-electron chi connectivity index (χ0n) is 15.3. The average Bonchev–Trinajstić information content (AvgIpc) is 3.16. The van der Waals surface area contributed by atoms with Gasteiger partial charge in [-0.05, 0) is 24.3 Å². The number of rotatable bonds is 6. The zero-order chi connectivity index (χ0) is 19.6. The summed E-state index contributed by atoms with van der Waals surface area (Å²) in [6, 6.07) is 9.44. The van der Waals surface area contributed by atoms with E-state index in [1.807, 2.05) is 30.5 Å². The molecule has 1 fully saturated rings. The molecule has 2 aromatic heterocycles. The lowest BCUT2D eigenvalue weighted by Gasteiger charge is -2.28. The minimum atomic E-state index is -3.57. The number of anilines is 1. The molecular weight excluding hydrogens is 383 g/mol. The van der Waals surface area contributed by atoms with Gasteiger partial charge in [0.1, 0.15) is 12.5 Å². The van der Waals surface area contributed by atoms with Gasteiger partial charge in [-0.15, -0.1) is 0 Å². The minimum absolute atomic E-state index is 0.309. The minimum Gasteiger partial charge on any atom is -0.378 e. The second-order valence-electron chi connectivity index (χ2n) is 6.70. The van der Waals surface area contributed by atoms with Crippen LogP contribution in [0.15, 0.2) is 36.5 Å². The molecule has 0 saturated carbocycles. The van der Waals surface area contributed by atoms with Crippen molar-refractivity contribution in [1.29, 1.82) is 0 Å². The number of alkyl halides is 1. The fraction of sp³-hybridized carbons (Fsp3) is 0.368. The summed E-state index contributed by atoms with van der Waals surface area (Å²) in [4.78, 5) is 14.3. The van der Waals surface area contributed by atoms with Gasteiger partial charge in [-0.3, -0.25) is 0 Å². The van der Waals surface area contributed by atoms with E-state index in [0.717, 1.165) is 16.5 Å². The van der Waals surface area contributed by atoms with Gasteiger partial charge in [-0.2, -0.15) is 0 Å². The van der Waals surface area contributed by atoms with E-state index in [9.17, 15) is 12.8 Å². The van der Waals surface area contributed by atoms with Crippen molar-refractivity contribution in [3.05, 3.63) is 42.2 Å². The van der Waals surface area contributed by atoms with Gasteiger partial charge in [-0.1, -0.05) is 0 Å². The quantitative estimate of drug-likeness (QED) is 0.679. The van der Waals surface area contributed by atoms with Gasteiger partial charge in [0.2, 0.25) is 0 Å². The van der Waals surface area contributed by atoms with Crippen molar-refractivity contribution in [2.24, 2.45) is 0 Å². The lowest BCUT2D eigenvalue weighted by atomic mass is 10.1. The Morgan fingerprint density at radius 1 is 1.14 bits per heavy atom. The van der Waals surface area contributed by atoms with E-state index >= 15 is 0 Å². The number of morpholine rings is 1. The fourth-order valence-electron chi connectivity index (χ4n) is 3.25. The Morgan fingerprint density at radius 3 is 2.75 bits per heavy atom. The highest BCUT2D eigenvalue weighted by atomic mass is 32.2. The van der Waals surface area contributed by atoms with Crippen LogP contribution in [0.5, 0.6) is 0 Å². The molecule has 28 heavy (non-hydrogen) atoms. The number of H-pyrrole nitrogens is 1. The molecule has 148 valence electrons. The molecule has 0 radical (unpaired) electrons. The van der Waals surface area contributed by atoms with E-state index in [-0.39, 0.29) is 5.75 Å². The molecule has 0 spiro atoms. The highest BCUT2D eigenvalue weighted by Crippen LogP contribution is 2.25. The summed E-state index contributed by atoms with van der Waals surface area (Å²) in [5.74, 6) is 0.301. The second-order valence-corrected chi connectivity index (χ2v) is 8.89. The van der Waals surface area contributed by atoms with Gasteiger partial charge in [0.05, 0.1) is 30.4 Å². The molecule has 1 N–H and O–H groups in total. The van der Waals surface area contributed by atoms with Crippen LogP contribution in [0.4, 0.5) is 10.2 Å². The monoisotopic (exact) mass is 404 g/mol. The van der Waals surface area contributed by atoms with Crippen molar-refractivity contribution in [3.8, 4) is 11.4 Å². The first-order valence-corrected chi connectivity index (χ1v) is 10.9. The first-order chi connectivity index (χ1) is 13.5. The molecule has 0 unspecified atom stereocenters. The zero-order valence-corrected chi connectivity index (χ0v) is 16.1. The molecule has 0 aliphatic carbocycles. The summed E-state index contributed by atoms with van der Waals surface area (Å²) >= 11 is 0. The Balaban J connectivity index is 1.76. The molecule has 0 atom stereocenters. The maximum atomic E-state index is 12.6. The van der Waals surface area contributed by atoms with Gasteiger partial charge in [0, 0.05) is 41.8 Å². The van der Waals surface area contributed by atoms with Crippen molar-refractivity contribution in [2.75, 3.05) is 43.6 Å². The third-order valence-corrected chi connectivity index (χ3v) is 6.18. The Kier molecular flexibility index (Phi) is 5.27. The second kappa shape index (κ2) is 7.84. The summed E-state index contributed by atoms with van der Waals surface area (Å²) in [6.07, 6.45) is 1.86. The Hall–Kier alpha value is -2.52. The number of nitrogens with zero attached hydrogens (tertiary/aromatic N) is 3. The van der Waals surface area contributed by atoms with Gasteiger partial charge < -0.3 is 14.6 Å². The van der Waals surface area contributed by atoms with Crippen molar-refractivity contribution in [3.63, 3.8) is 0 Å². The molecular formula is C19H21FN4O3S. The Morgan fingerprint density at radius 2 is 1.96 bits per heavy atom. The van der Waals surface area contributed by atoms with Crippen LogP contribution >= 0.6 is 0 Å². The van der Waals surface area contributed by atoms with Crippen molar-refractivity contribution >= 4 is 26.6 Å². The molecule has 3 heterocycles. The van der Waals surface area contributed by atoms with E-state index in [4.69, 9.17) is 4.74 Å². The normalized spacial score (nSPS) is 15.2. The van der Waals surface area contributed by atoms with Crippen LogP contribution in [0.2, 0.25) is 0 Å². The predicted octanol–water partition coefficient (Wildman–Crippen LogP) is 2.35. The molecule has 4 rings (SSSR count). The highest BCUT2D eigenvalue weighted by Gasteiger charge is 2.19. The highest BCUT2D eigenvalue weighted by molar-refractivity contribution is 7.90.